The third-order valence-electron chi connectivity index (χ3n) is 3.81. The van der Waals surface area contributed by atoms with E-state index in [1.165, 1.54) is 12.1 Å². The fourth-order valence-electron chi connectivity index (χ4n) is 2.39. The van der Waals surface area contributed by atoms with Crippen LogP contribution in [-0.4, -0.2) is 17.6 Å². The van der Waals surface area contributed by atoms with Crippen LogP contribution >= 0.6 is 66.7 Å². The molecule has 0 N–H and O–H groups in total. The monoisotopic (exact) mass is 608 g/mol. The summed E-state index contributed by atoms with van der Waals surface area (Å²) in [5.41, 5.74) is 0.873. The summed E-state index contributed by atoms with van der Waals surface area (Å²) < 4.78 is 20.4. The van der Waals surface area contributed by atoms with Gasteiger partial charge < -0.3 is 4.74 Å². The van der Waals surface area contributed by atoms with Gasteiger partial charge in [0.15, 0.2) is 17.3 Å². The van der Waals surface area contributed by atoms with Crippen LogP contribution in [0.4, 0.5) is 4.39 Å². The van der Waals surface area contributed by atoms with Gasteiger partial charge in [-0.15, -0.1) is 0 Å². The number of ketones is 1. The van der Waals surface area contributed by atoms with E-state index in [1.807, 2.05) is 0 Å². The standard InChI is InChI=1S/C15H11BrClFO2.C7H3BrCl2O/c1-2-20-14-6-3-9(7-13(14)18)15(19)11-8-10(16)4-5-12(11)17;8-4-1-2-6(9)5(3-4)7(10)11/h3-8H,2H2,1H3;1-3H. The van der Waals surface area contributed by atoms with Gasteiger partial charge in [0.05, 0.1) is 22.2 Å². The Morgan fingerprint density at radius 2 is 1.45 bits per heavy atom. The quantitative estimate of drug-likeness (QED) is 0.215. The minimum Gasteiger partial charge on any atom is -0.491 e. The van der Waals surface area contributed by atoms with Crippen LogP contribution in [0, 0.1) is 5.82 Å². The summed E-state index contributed by atoms with van der Waals surface area (Å²) in [7, 11) is 0. The zero-order chi connectivity index (χ0) is 23.1. The Hall–Kier alpha value is -1.44. The van der Waals surface area contributed by atoms with E-state index < -0.39 is 11.1 Å². The molecule has 0 aliphatic carbocycles. The summed E-state index contributed by atoms with van der Waals surface area (Å²) in [6.07, 6.45) is 0. The fourth-order valence-corrected chi connectivity index (χ4v) is 3.72. The minimum absolute atomic E-state index is 0.129. The summed E-state index contributed by atoms with van der Waals surface area (Å²) in [6.45, 7) is 2.13. The zero-order valence-corrected chi connectivity index (χ0v) is 21.3. The van der Waals surface area contributed by atoms with Crippen LogP contribution in [0.15, 0.2) is 63.5 Å². The summed E-state index contributed by atoms with van der Waals surface area (Å²) in [5, 5.41) is 0.150. The van der Waals surface area contributed by atoms with Gasteiger partial charge in [-0.25, -0.2) is 4.39 Å². The van der Waals surface area contributed by atoms with Crippen LogP contribution in [0.25, 0.3) is 0 Å². The highest BCUT2D eigenvalue weighted by molar-refractivity contribution is 9.10. The molecule has 0 spiro atoms. The van der Waals surface area contributed by atoms with Crippen LogP contribution in [0.3, 0.4) is 0 Å². The van der Waals surface area contributed by atoms with E-state index in [0.29, 0.717) is 27.8 Å². The number of benzene rings is 3. The third kappa shape index (κ3) is 7.29. The molecule has 3 rings (SSSR count). The second-order valence-electron chi connectivity index (χ2n) is 5.93. The SMILES string of the molecule is CCOc1ccc(C(=O)c2cc(Br)ccc2Cl)cc1F.O=C(Cl)c1cc(Br)ccc1Cl. The van der Waals surface area contributed by atoms with E-state index in [0.717, 1.165) is 15.0 Å². The molecule has 0 heterocycles. The lowest BCUT2D eigenvalue weighted by atomic mass is 10.0. The van der Waals surface area contributed by atoms with Gasteiger partial charge in [0.2, 0.25) is 0 Å². The Morgan fingerprint density at radius 1 is 0.903 bits per heavy atom. The highest BCUT2D eigenvalue weighted by atomic mass is 79.9. The molecular weight excluding hydrogens is 597 g/mol. The van der Waals surface area contributed by atoms with Crippen molar-refractivity contribution in [1.82, 2.24) is 0 Å². The van der Waals surface area contributed by atoms with E-state index in [4.69, 9.17) is 39.5 Å². The van der Waals surface area contributed by atoms with E-state index in [9.17, 15) is 14.0 Å². The van der Waals surface area contributed by atoms with Crippen molar-refractivity contribution < 1.29 is 18.7 Å². The van der Waals surface area contributed by atoms with Crippen LogP contribution < -0.4 is 4.74 Å². The Kier molecular flexibility index (Phi) is 9.97. The molecule has 0 aliphatic heterocycles. The summed E-state index contributed by atoms with van der Waals surface area (Å²) in [4.78, 5) is 23.0. The van der Waals surface area contributed by atoms with Crippen molar-refractivity contribution in [1.29, 1.82) is 0 Å². The fraction of sp³-hybridized carbons (Fsp3) is 0.0909. The van der Waals surface area contributed by atoms with Gasteiger partial charge in [-0.3, -0.25) is 9.59 Å². The number of hydrogen-bond donors (Lipinski definition) is 0. The van der Waals surface area contributed by atoms with E-state index >= 15 is 0 Å². The highest BCUT2D eigenvalue weighted by Crippen LogP contribution is 2.26. The molecule has 31 heavy (non-hydrogen) atoms. The Bertz CT molecular complexity index is 1120. The molecule has 0 saturated carbocycles. The van der Waals surface area contributed by atoms with Gasteiger partial charge in [-0.1, -0.05) is 55.1 Å². The van der Waals surface area contributed by atoms with Crippen molar-refractivity contribution in [2.24, 2.45) is 0 Å². The van der Waals surface area contributed by atoms with Crippen molar-refractivity contribution in [3.05, 3.63) is 96.1 Å². The lowest BCUT2D eigenvalue weighted by molar-refractivity contribution is 0.103. The van der Waals surface area contributed by atoms with Gasteiger partial charge in [-0.05, 0) is 73.1 Å². The molecule has 0 saturated heterocycles. The minimum atomic E-state index is -0.566. The molecule has 3 nitrogen and oxygen atoms in total. The second kappa shape index (κ2) is 12.0. The van der Waals surface area contributed by atoms with Gasteiger partial charge in [0.25, 0.3) is 5.24 Å². The largest absolute Gasteiger partial charge is 0.491 e. The van der Waals surface area contributed by atoms with Crippen LogP contribution in [0.5, 0.6) is 5.75 Å². The first-order chi connectivity index (χ1) is 14.6. The van der Waals surface area contributed by atoms with Crippen molar-refractivity contribution in [3.63, 3.8) is 0 Å². The lowest BCUT2D eigenvalue weighted by Crippen LogP contribution is -2.04. The van der Waals surface area contributed by atoms with Gasteiger partial charge in [0.1, 0.15) is 0 Å². The van der Waals surface area contributed by atoms with Crippen molar-refractivity contribution in [2.75, 3.05) is 6.61 Å². The van der Waals surface area contributed by atoms with Crippen molar-refractivity contribution in [2.45, 2.75) is 6.92 Å². The Morgan fingerprint density at radius 3 is 1.94 bits per heavy atom. The van der Waals surface area contributed by atoms with Crippen molar-refractivity contribution >= 4 is 77.7 Å². The van der Waals surface area contributed by atoms with Gasteiger partial charge in [0, 0.05) is 20.1 Å². The first-order valence-electron chi connectivity index (χ1n) is 8.71. The lowest BCUT2D eigenvalue weighted by Gasteiger charge is -2.07. The average molecular weight is 612 g/mol. The number of rotatable bonds is 5. The van der Waals surface area contributed by atoms with E-state index in [-0.39, 0.29) is 17.1 Å². The van der Waals surface area contributed by atoms with E-state index in [2.05, 4.69) is 31.9 Å². The predicted molar refractivity (Wildman–Crippen MR) is 129 cm³/mol. The Balaban J connectivity index is 0.000000262. The molecular formula is C22H14Br2Cl3FO3. The van der Waals surface area contributed by atoms with Crippen LogP contribution in [0.1, 0.15) is 33.2 Å². The van der Waals surface area contributed by atoms with Crippen molar-refractivity contribution in [3.8, 4) is 5.75 Å². The number of carbonyl (C=O) groups excluding carboxylic acids is 2. The number of ether oxygens (including phenoxy) is 1. The number of hydrogen-bond acceptors (Lipinski definition) is 3. The number of halogens is 6. The molecule has 0 aromatic heterocycles. The molecule has 0 fully saturated rings. The second-order valence-corrected chi connectivity index (χ2v) is 8.92. The molecule has 0 radical (unpaired) electrons. The first kappa shape index (κ1) is 25.8. The summed E-state index contributed by atoms with van der Waals surface area (Å²) >= 11 is 23.4. The summed E-state index contributed by atoms with van der Waals surface area (Å²) in [6, 6.07) is 14.0. The Labute approximate surface area is 210 Å². The molecule has 0 unspecified atom stereocenters. The smallest absolute Gasteiger partial charge is 0.253 e. The molecule has 0 bridgehead atoms. The average Bonchev–Trinajstić information content (AvgIpc) is 2.73. The molecule has 3 aromatic carbocycles. The van der Waals surface area contributed by atoms with Crippen LogP contribution in [0.2, 0.25) is 10.0 Å². The molecule has 162 valence electrons. The number of carbonyl (C=O) groups is 2. The molecule has 0 atom stereocenters. The molecule has 0 amide bonds. The van der Waals surface area contributed by atoms with E-state index in [1.54, 1.807) is 43.3 Å². The third-order valence-corrected chi connectivity index (χ3v) is 5.66. The zero-order valence-electron chi connectivity index (χ0n) is 15.9. The van der Waals surface area contributed by atoms with Gasteiger partial charge >= 0.3 is 0 Å². The highest BCUT2D eigenvalue weighted by Gasteiger charge is 2.15. The molecule has 3 aromatic rings. The maximum absolute atomic E-state index is 13.8. The molecule has 9 heteroatoms. The van der Waals surface area contributed by atoms with Crippen LogP contribution in [-0.2, 0) is 0 Å². The maximum atomic E-state index is 13.8. The predicted octanol–water partition coefficient (Wildman–Crippen LogP) is 8.35. The first-order valence-corrected chi connectivity index (χ1v) is 11.4. The van der Waals surface area contributed by atoms with Gasteiger partial charge in [-0.2, -0.15) is 0 Å². The topological polar surface area (TPSA) is 43.4 Å². The maximum Gasteiger partial charge on any atom is 0.253 e. The molecule has 0 aliphatic rings. The summed E-state index contributed by atoms with van der Waals surface area (Å²) in [5.74, 6) is -0.772. The normalized spacial score (nSPS) is 10.2.